The average Bonchev–Trinajstić information content (AvgIpc) is 2.45. The number of halogens is 2. The van der Waals surface area contributed by atoms with E-state index in [4.69, 9.17) is 0 Å². The predicted molar refractivity (Wildman–Crippen MR) is 77.3 cm³/mol. The number of rotatable bonds is 2. The Balaban J connectivity index is 1.94. The molecule has 1 aliphatic heterocycles. The minimum atomic E-state index is -0.527. The number of benzene rings is 1. The second-order valence-corrected chi connectivity index (χ2v) is 5.32. The maximum Gasteiger partial charge on any atom is 0.132 e. The Hall–Kier alpha value is -2.04. The summed E-state index contributed by atoms with van der Waals surface area (Å²) < 4.78 is 27.1. The number of anilines is 1. The Kier molecular flexibility index (Phi) is 3.57. The summed E-state index contributed by atoms with van der Waals surface area (Å²) in [4.78, 5) is 10.9. The van der Waals surface area contributed by atoms with Crippen molar-refractivity contribution < 1.29 is 8.78 Å². The minimum absolute atomic E-state index is 0.447. The largest absolute Gasteiger partial charge is 0.352 e. The van der Waals surface area contributed by atoms with Gasteiger partial charge in [-0.1, -0.05) is 6.92 Å². The SMILES string of the molecule is CCc1cc(N2CCc3c(F)cc(F)cc3C2)nc(C)n1. The predicted octanol–water partition coefficient (Wildman–Crippen LogP) is 3.19. The molecule has 0 aliphatic carbocycles. The molecule has 0 saturated carbocycles. The summed E-state index contributed by atoms with van der Waals surface area (Å²) >= 11 is 0. The highest BCUT2D eigenvalue weighted by Crippen LogP contribution is 2.26. The van der Waals surface area contributed by atoms with Gasteiger partial charge in [0.1, 0.15) is 23.3 Å². The van der Waals surface area contributed by atoms with Gasteiger partial charge in [-0.3, -0.25) is 0 Å². The number of hydrogen-bond acceptors (Lipinski definition) is 3. The van der Waals surface area contributed by atoms with Gasteiger partial charge in [0.05, 0.1) is 0 Å². The van der Waals surface area contributed by atoms with Crippen LogP contribution < -0.4 is 4.90 Å². The van der Waals surface area contributed by atoms with Crippen LogP contribution in [0.15, 0.2) is 18.2 Å². The van der Waals surface area contributed by atoms with Gasteiger partial charge < -0.3 is 4.90 Å². The molecule has 3 nitrogen and oxygen atoms in total. The first-order valence-corrected chi connectivity index (χ1v) is 7.13. The zero-order valence-electron chi connectivity index (χ0n) is 12.2. The molecule has 0 N–H and O–H groups in total. The van der Waals surface area contributed by atoms with E-state index in [0.717, 1.165) is 29.8 Å². The first kappa shape index (κ1) is 13.9. The summed E-state index contributed by atoms with van der Waals surface area (Å²) in [6, 6.07) is 4.32. The van der Waals surface area contributed by atoms with Crippen molar-refractivity contribution in [1.82, 2.24) is 9.97 Å². The topological polar surface area (TPSA) is 29.0 Å². The maximum atomic E-state index is 13.8. The Morgan fingerprint density at radius 3 is 2.76 bits per heavy atom. The van der Waals surface area contributed by atoms with Crippen molar-refractivity contribution in [2.45, 2.75) is 33.2 Å². The van der Waals surface area contributed by atoms with E-state index in [-0.39, 0.29) is 0 Å². The van der Waals surface area contributed by atoms with Crippen LogP contribution in [0.25, 0.3) is 0 Å². The Labute approximate surface area is 122 Å². The van der Waals surface area contributed by atoms with Crippen LogP contribution >= 0.6 is 0 Å². The van der Waals surface area contributed by atoms with E-state index in [1.165, 1.54) is 6.07 Å². The van der Waals surface area contributed by atoms with E-state index < -0.39 is 11.6 Å². The standard InChI is InChI=1S/C16H17F2N3/c1-3-13-8-16(20-10(2)19-13)21-5-4-14-11(9-21)6-12(17)7-15(14)18/h6-8H,3-5,9H2,1-2H3. The van der Waals surface area contributed by atoms with Crippen LogP contribution in [0.5, 0.6) is 0 Å². The van der Waals surface area contributed by atoms with Crippen molar-refractivity contribution in [3.8, 4) is 0 Å². The van der Waals surface area contributed by atoms with Crippen LogP contribution in [0.2, 0.25) is 0 Å². The lowest BCUT2D eigenvalue weighted by Gasteiger charge is -2.30. The van der Waals surface area contributed by atoms with E-state index >= 15 is 0 Å². The van der Waals surface area contributed by atoms with Crippen LogP contribution in [-0.4, -0.2) is 16.5 Å². The summed E-state index contributed by atoms with van der Waals surface area (Å²) in [7, 11) is 0. The molecule has 0 unspecified atom stereocenters. The number of fused-ring (bicyclic) bond motifs is 1. The van der Waals surface area contributed by atoms with Crippen molar-refractivity contribution in [1.29, 1.82) is 0 Å². The van der Waals surface area contributed by atoms with Crippen LogP contribution in [-0.2, 0) is 19.4 Å². The number of hydrogen-bond donors (Lipinski definition) is 0. The highest BCUT2D eigenvalue weighted by molar-refractivity contribution is 5.45. The van der Waals surface area contributed by atoms with E-state index in [2.05, 4.69) is 14.9 Å². The van der Waals surface area contributed by atoms with Crippen molar-refractivity contribution in [2.75, 3.05) is 11.4 Å². The molecule has 0 spiro atoms. The molecule has 3 rings (SSSR count). The normalized spacial score (nSPS) is 14.2. The fourth-order valence-corrected chi connectivity index (χ4v) is 2.76. The van der Waals surface area contributed by atoms with Gasteiger partial charge in [0.2, 0.25) is 0 Å². The van der Waals surface area contributed by atoms with Gasteiger partial charge in [-0.05, 0) is 37.0 Å². The highest BCUT2D eigenvalue weighted by atomic mass is 19.1. The third kappa shape index (κ3) is 2.73. The molecule has 0 radical (unpaired) electrons. The summed E-state index contributed by atoms with van der Waals surface area (Å²) in [5.74, 6) is 0.578. The van der Waals surface area contributed by atoms with Gasteiger partial charge >= 0.3 is 0 Å². The molecule has 1 aliphatic rings. The fraction of sp³-hybridized carbons (Fsp3) is 0.375. The summed E-state index contributed by atoms with van der Waals surface area (Å²) in [6.45, 7) is 5.06. The Morgan fingerprint density at radius 1 is 1.19 bits per heavy atom. The lowest BCUT2D eigenvalue weighted by atomic mass is 9.99. The molecular formula is C16H17F2N3. The van der Waals surface area contributed by atoms with Gasteiger partial charge in [-0.15, -0.1) is 0 Å². The summed E-state index contributed by atoms with van der Waals surface area (Å²) in [5, 5.41) is 0. The van der Waals surface area contributed by atoms with Crippen LogP contribution in [0, 0.1) is 18.6 Å². The van der Waals surface area contributed by atoms with Gasteiger partial charge in [0, 0.05) is 30.9 Å². The molecule has 0 amide bonds. The summed E-state index contributed by atoms with van der Waals surface area (Å²) in [5.41, 5.74) is 2.30. The minimum Gasteiger partial charge on any atom is -0.352 e. The summed E-state index contributed by atoms with van der Waals surface area (Å²) in [6.07, 6.45) is 1.40. The van der Waals surface area contributed by atoms with Gasteiger partial charge in [-0.25, -0.2) is 18.7 Å². The Morgan fingerprint density at radius 2 is 2.00 bits per heavy atom. The smallest absolute Gasteiger partial charge is 0.132 e. The fourth-order valence-electron chi connectivity index (χ4n) is 2.76. The molecule has 1 aromatic heterocycles. The van der Waals surface area contributed by atoms with Crippen molar-refractivity contribution in [3.63, 3.8) is 0 Å². The zero-order valence-corrected chi connectivity index (χ0v) is 12.2. The monoisotopic (exact) mass is 289 g/mol. The lowest BCUT2D eigenvalue weighted by molar-refractivity contribution is 0.555. The van der Waals surface area contributed by atoms with E-state index in [9.17, 15) is 8.78 Å². The van der Waals surface area contributed by atoms with Crippen LogP contribution in [0.1, 0.15) is 29.6 Å². The second kappa shape index (κ2) is 5.39. The van der Waals surface area contributed by atoms with Crippen molar-refractivity contribution in [3.05, 3.63) is 52.5 Å². The molecule has 0 atom stereocenters. The molecular weight excluding hydrogens is 272 g/mol. The molecule has 0 fully saturated rings. The van der Waals surface area contributed by atoms with Crippen molar-refractivity contribution in [2.24, 2.45) is 0 Å². The molecule has 2 aromatic rings. The number of aromatic nitrogens is 2. The second-order valence-electron chi connectivity index (χ2n) is 5.32. The van der Waals surface area contributed by atoms with Gasteiger partial charge in [0.25, 0.3) is 0 Å². The first-order valence-electron chi connectivity index (χ1n) is 7.13. The zero-order chi connectivity index (χ0) is 15.0. The van der Waals surface area contributed by atoms with Crippen LogP contribution in [0.4, 0.5) is 14.6 Å². The molecule has 0 saturated heterocycles. The third-order valence-electron chi connectivity index (χ3n) is 3.81. The van der Waals surface area contributed by atoms with Gasteiger partial charge in [0.15, 0.2) is 0 Å². The van der Waals surface area contributed by atoms with Crippen molar-refractivity contribution >= 4 is 5.82 Å². The average molecular weight is 289 g/mol. The molecule has 1 aromatic carbocycles. The molecule has 21 heavy (non-hydrogen) atoms. The van der Waals surface area contributed by atoms with Crippen LogP contribution in [0.3, 0.4) is 0 Å². The lowest BCUT2D eigenvalue weighted by Crippen LogP contribution is -2.32. The van der Waals surface area contributed by atoms with E-state index in [1.54, 1.807) is 0 Å². The molecule has 5 heteroatoms. The molecule has 0 bridgehead atoms. The number of aryl methyl sites for hydroxylation is 2. The van der Waals surface area contributed by atoms with E-state index in [0.29, 0.717) is 30.6 Å². The van der Waals surface area contributed by atoms with E-state index in [1.807, 2.05) is 19.9 Å². The van der Waals surface area contributed by atoms with Gasteiger partial charge in [-0.2, -0.15) is 0 Å². The molecule has 110 valence electrons. The third-order valence-corrected chi connectivity index (χ3v) is 3.81. The molecule has 2 heterocycles. The first-order chi connectivity index (χ1) is 10.1. The highest BCUT2D eigenvalue weighted by Gasteiger charge is 2.21. The Bertz CT molecular complexity index is 685. The quantitative estimate of drug-likeness (QED) is 0.850. The number of nitrogens with zero attached hydrogens (tertiary/aromatic N) is 3. The maximum absolute atomic E-state index is 13.8.